The quantitative estimate of drug-likeness (QED) is 0.704. The third kappa shape index (κ3) is 1.51. The first-order valence-electron chi connectivity index (χ1n) is 5.40. The van der Waals surface area contributed by atoms with E-state index >= 15 is 0 Å². The molecule has 76 valence electrons. The van der Waals surface area contributed by atoms with Gasteiger partial charge in [-0.3, -0.25) is 4.98 Å². The molecule has 2 heteroatoms. The molecule has 0 spiro atoms. The van der Waals surface area contributed by atoms with E-state index in [-0.39, 0.29) is 6.10 Å². The van der Waals surface area contributed by atoms with Gasteiger partial charge in [-0.25, -0.2) is 0 Å². The average molecular weight is 199 g/mol. The minimum Gasteiger partial charge on any atom is -0.374 e. The van der Waals surface area contributed by atoms with E-state index in [1.54, 1.807) is 0 Å². The van der Waals surface area contributed by atoms with Crippen LogP contribution in [0, 0.1) is 0 Å². The lowest BCUT2D eigenvalue weighted by molar-refractivity contribution is 0.113. The highest BCUT2D eigenvalue weighted by molar-refractivity contribution is 5.82. The first-order chi connectivity index (χ1) is 7.45. The van der Waals surface area contributed by atoms with Crippen LogP contribution in [0.1, 0.15) is 24.5 Å². The number of hydrogen-bond donors (Lipinski definition) is 0. The summed E-state index contributed by atoms with van der Waals surface area (Å²) in [5.41, 5.74) is 2.35. The molecule has 1 aromatic heterocycles. The molecule has 0 amide bonds. The Kier molecular flexibility index (Phi) is 2.14. The number of hydrogen-bond acceptors (Lipinski definition) is 2. The second kappa shape index (κ2) is 3.63. The molecular formula is C13H13NO. The summed E-state index contributed by atoms with van der Waals surface area (Å²) in [4.78, 5) is 4.36. The van der Waals surface area contributed by atoms with Gasteiger partial charge in [-0.05, 0) is 30.5 Å². The molecule has 0 unspecified atom stereocenters. The van der Waals surface area contributed by atoms with E-state index in [1.165, 1.54) is 17.4 Å². The smallest absolute Gasteiger partial charge is 0.0832 e. The summed E-state index contributed by atoms with van der Waals surface area (Å²) in [7, 11) is 0. The molecule has 0 bridgehead atoms. The Hall–Kier alpha value is -1.41. The second-order valence-corrected chi connectivity index (χ2v) is 3.92. The lowest BCUT2D eigenvalue weighted by Crippen LogP contribution is -1.96. The summed E-state index contributed by atoms with van der Waals surface area (Å²) >= 11 is 0. The van der Waals surface area contributed by atoms with Crippen molar-refractivity contribution < 1.29 is 4.74 Å². The van der Waals surface area contributed by atoms with Crippen molar-refractivity contribution in [3.63, 3.8) is 0 Å². The zero-order chi connectivity index (χ0) is 10.1. The highest BCUT2D eigenvalue weighted by Crippen LogP contribution is 2.32. The van der Waals surface area contributed by atoms with Gasteiger partial charge < -0.3 is 4.74 Å². The Morgan fingerprint density at radius 1 is 1.20 bits per heavy atom. The third-order valence-corrected chi connectivity index (χ3v) is 2.96. The molecule has 1 fully saturated rings. The van der Waals surface area contributed by atoms with Crippen molar-refractivity contribution >= 4 is 10.9 Å². The van der Waals surface area contributed by atoms with Gasteiger partial charge in [0.15, 0.2) is 0 Å². The number of rotatable bonds is 1. The van der Waals surface area contributed by atoms with Gasteiger partial charge in [0.2, 0.25) is 0 Å². The number of fused-ring (bicyclic) bond motifs is 1. The SMILES string of the molecule is c1cc([C@H]2CCCO2)c2cccnc2c1. The van der Waals surface area contributed by atoms with E-state index in [1.807, 2.05) is 18.3 Å². The highest BCUT2D eigenvalue weighted by atomic mass is 16.5. The molecule has 1 aliphatic heterocycles. The first kappa shape index (κ1) is 8.86. The average Bonchev–Trinajstić information content (AvgIpc) is 2.82. The minimum atomic E-state index is 0.276. The van der Waals surface area contributed by atoms with Crippen molar-refractivity contribution in [1.29, 1.82) is 0 Å². The first-order valence-corrected chi connectivity index (χ1v) is 5.40. The summed E-state index contributed by atoms with van der Waals surface area (Å²) in [6.07, 6.45) is 4.41. The topological polar surface area (TPSA) is 22.1 Å². The van der Waals surface area contributed by atoms with Crippen LogP contribution in [-0.2, 0) is 4.74 Å². The molecule has 3 rings (SSSR count). The van der Waals surface area contributed by atoms with E-state index < -0.39 is 0 Å². The summed E-state index contributed by atoms with van der Waals surface area (Å²) < 4.78 is 5.72. The van der Waals surface area contributed by atoms with Crippen LogP contribution < -0.4 is 0 Å². The van der Waals surface area contributed by atoms with Gasteiger partial charge in [0.1, 0.15) is 0 Å². The van der Waals surface area contributed by atoms with E-state index in [0.717, 1.165) is 18.5 Å². The predicted molar refractivity (Wildman–Crippen MR) is 59.7 cm³/mol. The molecule has 15 heavy (non-hydrogen) atoms. The van der Waals surface area contributed by atoms with E-state index in [0.29, 0.717) is 0 Å². The number of ether oxygens (including phenoxy) is 1. The van der Waals surface area contributed by atoms with Gasteiger partial charge in [-0.15, -0.1) is 0 Å². The summed E-state index contributed by atoms with van der Waals surface area (Å²) in [5, 5.41) is 1.23. The molecule has 0 aliphatic carbocycles. The van der Waals surface area contributed by atoms with Gasteiger partial charge in [0, 0.05) is 18.2 Å². The van der Waals surface area contributed by atoms with Gasteiger partial charge in [-0.1, -0.05) is 18.2 Å². The molecule has 2 aromatic rings. The molecule has 2 heterocycles. The summed E-state index contributed by atoms with van der Waals surface area (Å²) in [6.45, 7) is 0.890. The van der Waals surface area contributed by atoms with Gasteiger partial charge >= 0.3 is 0 Å². The Morgan fingerprint density at radius 2 is 2.20 bits per heavy atom. The third-order valence-electron chi connectivity index (χ3n) is 2.96. The molecule has 1 aromatic carbocycles. The zero-order valence-electron chi connectivity index (χ0n) is 8.52. The minimum absolute atomic E-state index is 0.276. The fraction of sp³-hybridized carbons (Fsp3) is 0.308. The Labute approximate surface area is 88.9 Å². The summed E-state index contributed by atoms with van der Waals surface area (Å²) in [5.74, 6) is 0. The van der Waals surface area contributed by atoms with Crippen molar-refractivity contribution in [3.05, 3.63) is 42.1 Å². The number of pyridine rings is 1. The van der Waals surface area contributed by atoms with Crippen LogP contribution in [0.2, 0.25) is 0 Å². The Bertz CT molecular complexity index is 469. The van der Waals surface area contributed by atoms with Crippen LogP contribution in [0.5, 0.6) is 0 Å². The Balaban J connectivity index is 2.16. The highest BCUT2D eigenvalue weighted by Gasteiger charge is 2.19. The molecule has 0 saturated carbocycles. The monoisotopic (exact) mass is 199 g/mol. The largest absolute Gasteiger partial charge is 0.374 e. The molecule has 1 saturated heterocycles. The van der Waals surface area contributed by atoms with Gasteiger partial charge in [-0.2, -0.15) is 0 Å². The lowest BCUT2D eigenvalue weighted by atomic mass is 10.0. The molecular weight excluding hydrogens is 186 g/mol. The van der Waals surface area contributed by atoms with Crippen LogP contribution in [0.15, 0.2) is 36.5 Å². The molecule has 0 radical (unpaired) electrons. The lowest BCUT2D eigenvalue weighted by Gasteiger charge is -2.12. The van der Waals surface area contributed by atoms with Crippen LogP contribution in [0.4, 0.5) is 0 Å². The fourth-order valence-corrected chi connectivity index (χ4v) is 2.23. The second-order valence-electron chi connectivity index (χ2n) is 3.92. The molecule has 0 N–H and O–H groups in total. The molecule has 1 aliphatic rings. The van der Waals surface area contributed by atoms with E-state index in [2.05, 4.69) is 23.2 Å². The van der Waals surface area contributed by atoms with Crippen LogP contribution in [0.3, 0.4) is 0 Å². The van der Waals surface area contributed by atoms with Crippen LogP contribution in [0.25, 0.3) is 10.9 Å². The Morgan fingerprint density at radius 3 is 3.07 bits per heavy atom. The van der Waals surface area contributed by atoms with E-state index in [9.17, 15) is 0 Å². The normalized spacial score (nSPS) is 20.9. The number of aromatic nitrogens is 1. The molecule has 1 atom stereocenters. The van der Waals surface area contributed by atoms with Crippen LogP contribution in [-0.4, -0.2) is 11.6 Å². The van der Waals surface area contributed by atoms with Crippen molar-refractivity contribution in [2.24, 2.45) is 0 Å². The standard InChI is InChI=1S/C13H13NO/c1-4-11(13-7-3-9-15-13)10-5-2-8-14-12(10)6-1/h1-2,4-6,8,13H,3,7,9H2/t13-/m1/s1. The maximum atomic E-state index is 5.72. The maximum absolute atomic E-state index is 5.72. The van der Waals surface area contributed by atoms with Crippen LogP contribution >= 0.6 is 0 Å². The molecule has 2 nitrogen and oxygen atoms in total. The van der Waals surface area contributed by atoms with Crippen molar-refractivity contribution in [2.45, 2.75) is 18.9 Å². The summed E-state index contributed by atoms with van der Waals surface area (Å²) in [6, 6.07) is 10.4. The van der Waals surface area contributed by atoms with Crippen molar-refractivity contribution in [2.75, 3.05) is 6.61 Å². The number of benzene rings is 1. The van der Waals surface area contributed by atoms with Gasteiger partial charge in [0.05, 0.1) is 11.6 Å². The van der Waals surface area contributed by atoms with E-state index in [4.69, 9.17) is 4.74 Å². The van der Waals surface area contributed by atoms with Crippen molar-refractivity contribution in [3.8, 4) is 0 Å². The zero-order valence-corrected chi connectivity index (χ0v) is 8.52. The predicted octanol–water partition coefficient (Wildman–Crippen LogP) is 3.09. The van der Waals surface area contributed by atoms with Crippen molar-refractivity contribution in [1.82, 2.24) is 4.98 Å². The fourth-order valence-electron chi connectivity index (χ4n) is 2.23. The van der Waals surface area contributed by atoms with Gasteiger partial charge in [0.25, 0.3) is 0 Å². The number of nitrogens with zero attached hydrogens (tertiary/aromatic N) is 1. The maximum Gasteiger partial charge on any atom is 0.0832 e.